The zero-order valence-corrected chi connectivity index (χ0v) is 11.5. The highest BCUT2D eigenvalue weighted by molar-refractivity contribution is 6.34. The largest absolute Gasteiger partial charge is 0.373 e. The van der Waals surface area contributed by atoms with Gasteiger partial charge >= 0.3 is 0 Å². The summed E-state index contributed by atoms with van der Waals surface area (Å²) in [5.41, 5.74) is 0.911. The smallest absolute Gasteiger partial charge is 0.130 e. The summed E-state index contributed by atoms with van der Waals surface area (Å²) in [6.45, 7) is 2.78. The lowest BCUT2D eigenvalue weighted by Crippen LogP contribution is -2.25. The first kappa shape index (κ1) is 13.1. The van der Waals surface area contributed by atoms with Crippen molar-refractivity contribution in [3.05, 3.63) is 28.0 Å². The lowest BCUT2D eigenvalue weighted by atomic mass is 9.88. The molecule has 4 heteroatoms. The lowest BCUT2D eigenvalue weighted by molar-refractivity contribution is -0.0155. The van der Waals surface area contributed by atoms with Crippen LogP contribution in [0.2, 0.25) is 10.2 Å². The predicted octanol–water partition coefficient (Wildman–Crippen LogP) is 4.48. The minimum absolute atomic E-state index is 0.357. The van der Waals surface area contributed by atoms with E-state index in [0.717, 1.165) is 12.0 Å². The maximum Gasteiger partial charge on any atom is 0.130 e. The van der Waals surface area contributed by atoms with Gasteiger partial charge < -0.3 is 4.74 Å². The van der Waals surface area contributed by atoms with Gasteiger partial charge in [-0.3, -0.25) is 0 Å². The van der Waals surface area contributed by atoms with Crippen molar-refractivity contribution >= 4 is 23.2 Å². The number of ether oxygens (including phenoxy) is 1. The zero-order chi connectivity index (χ0) is 12.3. The summed E-state index contributed by atoms with van der Waals surface area (Å²) in [5, 5.41) is 1.05. The van der Waals surface area contributed by atoms with Gasteiger partial charge in [-0.05, 0) is 24.8 Å². The van der Waals surface area contributed by atoms with Crippen LogP contribution >= 0.6 is 23.2 Å². The SMILES string of the molecule is CC1CCCCC1OCc1cnc(Cl)cc1Cl. The van der Waals surface area contributed by atoms with Gasteiger partial charge in [-0.15, -0.1) is 0 Å². The molecule has 0 saturated heterocycles. The molecule has 1 aliphatic carbocycles. The summed E-state index contributed by atoms with van der Waals surface area (Å²) in [5.74, 6) is 0.641. The number of halogens is 2. The summed E-state index contributed by atoms with van der Waals surface area (Å²) in [6.07, 6.45) is 7.05. The second-order valence-corrected chi connectivity index (χ2v) is 5.50. The van der Waals surface area contributed by atoms with Gasteiger partial charge in [0.25, 0.3) is 0 Å². The van der Waals surface area contributed by atoms with Gasteiger partial charge in [0.15, 0.2) is 0 Å². The van der Waals surface area contributed by atoms with E-state index in [1.165, 1.54) is 19.3 Å². The van der Waals surface area contributed by atoms with E-state index in [1.807, 2.05) is 0 Å². The number of pyridine rings is 1. The molecular formula is C13H17Cl2NO. The molecule has 0 amide bonds. The summed E-state index contributed by atoms with van der Waals surface area (Å²) < 4.78 is 5.93. The summed E-state index contributed by atoms with van der Waals surface area (Å²) in [4.78, 5) is 4.02. The first-order valence-corrected chi connectivity index (χ1v) is 6.84. The molecule has 2 unspecified atom stereocenters. The highest BCUT2D eigenvalue weighted by atomic mass is 35.5. The molecule has 1 aromatic rings. The highest BCUT2D eigenvalue weighted by Crippen LogP contribution is 2.28. The first-order valence-electron chi connectivity index (χ1n) is 6.08. The van der Waals surface area contributed by atoms with Crippen LogP contribution in [0.3, 0.4) is 0 Å². The van der Waals surface area contributed by atoms with Gasteiger partial charge in [-0.1, -0.05) is 43.0 Å². The van der Waals surface area contributed by atoms with E-state index < -0.39 is 0 Å². The van der Waals surface area contributed by atoms with Gasteiger partial charge in [0.05, 0.1) is 17.7 Å². The number of rotatable bonds is 3. The zero-order valence-electron chi connectivity index (χ0n) is 9.96. The highest BCUT2D eigenvalue weighted by Gasteiger charge is 2.22. The molecule has 0 spiro atoms. The minimum Gasteiger partial charge on any atom is -0.373 e. The fourth-order valence-corrected chi connectivity index (χ4v) is 2.69. The average molecular weight is 274 g/mol. The monoisotopic (exact) mass is 273 g/mol. The first-order chi connectivity index (χ1) is 8.16. The Balaban J connectivity index is 1.92. The lowest BCUT2D eigenvalue weighted by Gasteiger charge is -2.28. The maximum absolute atomic E-state index is 6.08. The normalized spacial score (nSPS) is 24.9. The molecule has 0 bridgehead atoms. The minimum atomic E-state index is 0.357. The Morgan fingerprint density at radius 2 is 2.12 bits per heavy atom. The van der Waals surface area contributed by atoms with Crippen LogP contribution in [0.25, 0.3) is 0 Å². The average Bonchev–Trinajstić information content (AvgIpc) is 2.30. The Bertz CT molecular complexity index is 384. The molecule has 94 valence electrons. The number of aromatic nitrogens is 1. The maximum atomic E-state index is 6.08. The molecule has 0 aromatic carbocycles. The van der Waals surface area contributed by atoms with E-state index >= 15 is 0 Å². The quantitative estimate of drug-likeness (QED) is 0.758. The van der Waals surface area contributed by atoms with Crippen molar-refractivity contribution in [2.45, 2.75) is 45.3 Å². The van der Waals surface area contributed by atoms with Crippen LogP contribution in [0.15, 0.2) is 12.3 Å². The summed E-state index contributed by atoms with van der Waals surface area (Å²) in [6, 6.07) is 1.66. The van der Waals surface area contributed by atoms with Crippen LogP contribution in [0.1, 0.15) is 38.2 Å². The Morgan fingerprint density at radius 3 is 2.82 bits per heavy atom. The van der Waals surface area contributed by atoms with Gasteiger partial charge in [-0.25, -0.2) is 4.98 Å². The van der Waals surface area contributed by atoms with Crippen molar-refractivity contribution in [2.24, 2.45) is 5.92 Å². The topological polar surface area (TPSA) is 22.1 Å². The van der Waals surface area contributed by atoms with Crippen LogP contribution in [-0.2, 0) is 11.3 Å². The number of hydrogen-bond acceptors (Lipinski definition) is 2. The van der Waals surface area contributed by atoms with Crippen molar-refractivity contribution in [3.63, 3.8) is 0 Å². The third kappa shape index (κ3) is 3.57. The molecule has 17 heavy (non-hydrogen) atoms. The number of nitrogens with zero attached hydrogens (tertiary/aromatic N) is 1. The van der Waals surface area contributed by atoms with Gasteiger partial charge in [0.1, 0.15) is 5.15 Å². The van der Waals surface area contributed by atoms with E-state index in [-0.39, 0.29) is 0 Å². The molecule has 0 aliphatic heterocycles. The van der Waals surface area contributed by atoms with Crippen molar-refractivity contribution in [3.8, 4) is 0 Å². The second kappa shape index (κ2) is 6.03. The molecule has 0 radical (unpaired) electrons. The van der Waals surface area contributed by atoms with Crippen molar-refractivity contribution < 1.29 is 4.74 Å². The Labute approximate surface area is 112 Å². The summed E-state index contributed by atoms with van der Waals surface area (Å²) in [7, 11) is 0. The molecule has 2 rings (SSSR count). The van der Waals surface area contributed by atoms with Crippen LogP contribution in [0.4, 0.5) is 0 Å². The van der Waals surface area contributed by atoms with Crippen molar-refractivity contribution in [1.82, 2.24) is 4.98 Å². The Kier molecular flexibility index (Phi) is 4.66. The fourth-order valence-electron chi connectivity index (χ4n) is 2.27. The van der Waals surface area contributed by atoms with Crippen LogP contribution in [0, 0.1) is 5.92 Å². The molecule has 1 saturated carbocycles. The van der Waals surface area contributed by atoms with Crippen molar-refractivity contribution in [1.29, 1.82) is 0 Å². The Morgan fingerprint density at radius 1 is 1.35 bits per heavy atom. The van der Waals surface area contributed by atoms with Gasteiger partial charge in [-0.2, -0.15) is 0 Å². The van der Waals surface area contributed by atoms with E-state index in [4.69, 9.17) is 27.9 Å². The van der Waals surface area contributed by atoms with Crippen LogP contribution < -0.4 is 0 Å². The Hall–Kier alpha value is -0.310. The second-order valence-electron chi connectivity index (χ2n) is 4.71. The molecule has 1 aromatic heterocycles. The predicted molar refractivity (Wildman–Crippen MR) is 70.5 cm³/mol. The van der Waals surface area contributed by atoms with E-state index in [1.54, 1.807) is 12.3 Å². The van der Waals surface area contributed by atoms with Crippen LogP contribution in [-0.4, -0.2) is 11.1 Å². The van der Waals surface area contributed by atoms with E-state index in [0.29, 0.717) is 28.8 Å². The van der Waals surface area contributed by atoms with Gasteiger partial charge in [0, 0.05) is 11.8 Å². The molecule has 1 aliphatic rings. The number of hydrogen-bond donors (Lipinski definition) is 0. The van der Waals surface area contributed by atoms with Gasteiger partial charge in [0.2, 0.25) is 0 Å². The van der Waals surface area contributed by atoms with E-state index in [9.17, 15) is 0 Å². The molecular weight excluding hydrogens is 257 g/mol. The standard InChI is InChI=1S/C13H17Cl2NO/c1-9-4-2-3-5-12(9)17-8-10-7-16-13(15)6-11(10)14/h6-7,9,12H,2-5,8H2,1H3. The molecule has 1 heterocycles. The molecule has 2 atom stereocenters. The third-order valence-corrected chi connectivity index (χ3v) is 3.94. The molecule has 2 nitrogen and oxygen atoms in total. The van der Waals surface area contributed by atoms with Crippen molar-refractivity contribution in [2.75, 3.05) is 0 Å². The molecule has 0 N–H and O–H groups in total. The van der Waals surface area contributed by atoms with Crippen LogP contribution in [0.5, 0.6) is 0 Å². The van der Waals surface area contributed by atoms with E-state index in [2.05, 4.69) is 11.9 Å². The third-order valence-electron chi connectivity index (χ3n) is 3.38. The fraction of sp³-hybridized carbons (Fsp3) is 0.615. The summed E-state index contributed by atoms with van der Waals surface area (Å²) >= 11 is 11.8. The molecule has 1 fully saturated rings.